The maximum absolute atomic E-state index is 11.9. The number of carbonyl (C=O) groups excluding carboxylic acids is 1. The molecule has 4 aromatic rings. The van der Waals surface area contributed by atoms with Gasteiger partial charge in [0, 0.05) is 35.6 Å². The highest BCUT2D eigenvalue weighted by molar-refractivity contribution is 6.02. The number of hydrogen-bond donors (Lipinski definition) is 2. The number of hydrogen-bond acceptors (Lipinski definition) is 6. The number of carbonyl (C=O) groups is 1. The minimum Gasteiger partial charge on any atom is -0.494 e. The number of benzene rings is 2. The van der Waals surface area contributed by atoms with Crippen molar-refractivity contribution < 1.29 is 14.3 Å². The Morgan fingerprint density at radius 1 is 1.19 bits per heavy atom. The quantitative estimate of drug-likeness (QED) is 0.295. The molecule has 0 unspecified atom stereocenters. The highest BCUT2D eigenvalue weighted by Crippen LogP contribution is 2.44. The van der Waals surface area contributed by atoms with E-state index in [2.05, 4.69) is 26.0 Å². The lowest BCUT2D eigenvalue weighted by molar-refractivity contribution is 0.130. The zero-order valence-electron chi connectivity index (χ0n) is 20.7. The Morgan fingerprint density at radius 2 is 2.00 bits per heavy atom. The van der Waals surface area contributed by atoms with Crippen LogP contribution in [0.4, 0.5) is 16.2 Å². The molecule has 0 atom stereocenters. The Balaban J connectivity index is 1.38. The second-order valence-corrected chi connectivity index (χ2v) is 9.41. The summed E-state index contributed by atoms with van der Waals surface area (Å²) in [5.74, 6) is 0.799. The summed E-state index contributed by atoms with van der Waals surface area (Å²) in [6.45, 7) is 4.97. The molecule has 1 aliphatic rings. The van der Waals surface area contributed by atoms with Gasteiger partial charge >= 0.3 is 6.09 Å². The first kappa shape index (κ1) is 23.7. The largest absolute Gasteiger partial charge is 0.494 e. The van der Waals surface area contributed by atoms with Crippen LogP contribution >= 0.6 is 0 Å². The zero-order chi connectivity index (χ0) is 25.1. The molecule has 5 rings (SSSR count). The van der Waals surface area contributed by atoms with E-state index in [1.807, 2.05) is 50.2 Å². The number of nitrogens with one attached hydrogen (secondary N) is 1. The van der Waals surface area contributed by atoms with Crippen LogP contribution in [0.2, 0.25) is 0 Å². The van der Waals surface area contributed by atoms with Crippen LogP contribution in [-0.4, -0.2) is 38.1 Å². The van der Waals surface area contributed by atoms with Crippen molar-refractivity contribution in [2.75, 3.05) is 17.7 Å². The fraction of sp³-hybridized carbons (Fsp3) is 0.370. The van der Waals surface area contributed by atoms with Gasteiger partial charge < -0.3 is 19.8 Å². The van der Waals surface area contributed by atoms with E-state index >= 15 is 0 Å². The van der Waals surface area contributed by atoms with E-state index < -0.39 is 6.09 Å². The Labute approximate surface area is 210 Å². The van der Waals surface area contributed by atoms with Gasteiger partial charge in [-0.2, -0.15) is 5.10 Å². The van der Waals surface area contributed by atoms with E-state index in [1.165, 1.54) is 12.7 Å². The number of amides is 1. The fourth-order valence-electron chi connectivity index (χ4n) is 4.56. The zero-order valence-corrected chi connectivity index (χ0v) is 20.7. The molecule has 1 saturated carbocycles. The maximum atomic E-state index is 11.9. The first-order valence-electron chi connectivity index (χ1n) is 12.5. The van der Waals surface area contributed by atoms with Crippen LogP contribution in [0, 0.1) is 0 Å². The first-order chi connectivity index (χ1) is 17.5. The molecule has 9 heteroatoms. The van der Waals surface area contributed by atoms with Crippen molar-refractivity contribution in [1.29, 1.82) is 0 Å². The fourth-order valence-corrected chi connectivity index (χ4v) is 4.56. The number of nitrogens with two attached hydrogens (primary N) is 1. The number of nitrogen functional groups attached to an aromatic ring is 1. The Morgan fingerprint density at radius 3 is 2.67 bits per heavy atom. The topological polar surface area (TPSA) is 109 Å². The standard InChI is InChI=1S/C27H32N6O3/c1-18(2)36-27(34)31-20-9-7-19(8-10-20)26-25(28)23-15-22(35-14-4-13-32-17-29-16-30-32)11-12-24(23)33(26)21-5-3-6-21/h7-12,15-18,21H,3-6,13-14,28H2,1-2H3,(H,31,34). The summed E-state index contributed by atoms with van der Waals surface area (Å²) in [6.07, 6.45) is 6.92. The molecule has 0 saturated heterocycles. The lowest BCUT2D eigenvalue weighted by atomic mass is 9.92. The molecule has 3 N–H and O–H groups in total. The van der Waals surface area contributed by atoms with Crippen molar-refractivity contribution in [2.24, 2.45) is 0 Å². The molecule has 1 fully saturated rings. The molecule has 2 heterocycles. The van der Waals surface area contributed by atoms with Crippen molar-refractivity contribution in [3.63, 3.8) is 0 Å². The molecular weight excluding hydrogens is 456 g/mol. The average Bonchev–Trinajstić information content (AvgIpc) is 3.43. The van der Waals surface area contributed by atoms with Gasteiger partial charge in [0.05, 0.1) is 29.6 Å². The predicted molar refractivity (Wildman–Crippen MR) is 140 cm³/mol. The summed E-state index contributed by atoms with van der Waals surface area (Å²) < 4.78 is 15.4. The molecule has 0 radical (unpaired) electrons. The smallest absolute Gasteiger partial charge is 0.411 e. The summed E-state index contributed by atoms with van der Waals surface area (Å²) in [4.78, 5) is 15.9. The highest BCUT2D eigenvalue weighted by Gasteiger charge is 2.27. The lowest BCUT2D eigenvalue weighted by Crippen LogP contribution is -2.18. The molecule has 36 heavy (non-hydrogen) atoms. The van der Waals surface area contributed by atoms with Crippen LogP contribution in [-0.2, 0) is 11.3 Å². The predicted octanol–water partition coefficient (Wildman–Crippen LogP) is 5.63. The molecule has 1 aliphatic carbocycles. The monoisotopic (exact) mass is 488 g/mol. The van der Waals surface area contributed by atoms with E-state index in [1.54, 1.807) is 11.0 Å². The van der Waals surface area contributed by atoms with Gasteiger partial charge in [-0.05, 0) is 63.4 Å². The van der Waals surface area contributed by atoms with Crippen molar-refractivity contribution in [3.05, 3.63) is 55.1 Å². The summed E-state index contributed by atoms with van der Waals surface area (Å²) in [6, 6.07) is 14.3. The van der Waals surface area contributed by atoms with Gasteiger partial charge in [0.25, 0.3) is 0 Å². The third-order valence-corrected chi connectivity index (χ3v) is 6.47. The van der Waals surface area contributed by atoms with Crippen molar-refractivity contribution in [2.45, 2.75) is 58.2 Å². The Hall–Kier alpha value is -4.01. The van der Waals surface area contributed by atoms with E-state index in [0.717, 1.165) is 59.4 Å². The number of anilines is 2. The molecule has 9 nitrogen and oxygen atoms in total. The Bertz CT molecular complexity index is 1320. The van der Waals surface area contributed by atoms with Crippen molar-refractivity contribution in [1.82, 2.24) is 19.3 Å². The second-order valence-electron chi connectivity index (χ2n) is 9.41. The SMILES string of the molecule is CC(C)OC(=O)Nc1ccc(-c2c(N)c3cc(OCCCn4cncn4)ccc3n2C2CCC2)cc1. The number of ether oxygens (including phenoxy) is 2. The average molecular weight is 489 g/mol. The van der Waals surface area contributed by atoms with E-state index in [0.29, 0.717) is 18.3 Å². The third kappa shape index (κ3) is 5.00. The van der Waals surface area contributed by atoms with Crippen LogP contribution in [0.15, 0.2) is 55.1 Å². The highest BCUT2D eigenvalue weighted by atomic mass is 16.6. The van der Waals surface area contributed by atoms with Gasteiger partial charge in [-0.3, -0.25) is 10.00 Å². The third-order valence-electron chi connectivity index (χ3n) is 6.47. The number of fused-ring (bicyclic) bond motifs is 1. The van der Waals surface area contributed by atoms with Crippen LogP contribution in [0.3, 0.4) is 0 Å². The van der Waals surface area contributed by atoms with E-state index in [-0.39, 0.29) is 6.10 Å². The van der Waals surface area contributed by atoms with Gasteiger partial charge in [0.15, 0.2) is 0 Å². The summed E-state index contributed by atoms with van der Waals surface area (Å²) in [5, 5.41) is 7.88. The van der Waals surface area contributed by atoms with Gasteiger partial charge in [-0.15, -0.1) is 0 Å². The van der Waals surface area contributed by atoms with Crippen molar-refractivity contribution >= 4 is 28.4 Å². The lowest BCUT2D eigenvalue weighted by Gasteiger charge is -2.30. The molecule has 188 valence electrons. The number of aryl methyl sites for hydroxylation is 1. The summed E-state index contributed by atoms with van der Waals surface area (Å²) in [5.41, 5.74) is 11.3. The van der Waals surface area contributed by atoms with Crippen LogP contribution in [0.1, 0.15) is 45.6 Å². The van der Waals surface area contributed by atoms with E-state index in [4.69, 9.17) is 15.2 Å². The van der Waals surface area contributed by atoms with Crippen LogP contribution in [0.5, 0.6) is 5.75 Å². The van der Waals surface area contributed by atoms with Crippen LogP contribution < -0.4 is 15.8 Å². The molecule has 2 aromatic carbocycles. The summed E-state index contributed by atoms with van der Waals surface area (Å²) >= 11 is 0. The number of nitrogens with zero attached hydrogens (tertiary/aromatic N) is 4. The normalized spacial score (nSPS) is 13.6. The molecular formula is C27H32N6O3. The molecule has 1 amide bonds. The maximum Gasteiger partial charge on any atom is 0.411 e. The molecule has 0 spiro atoms. The Kier molecular flexibility index (Phi) is 6.79. The second kappa shape index (κ2) is 10.3. The molecule has 0 bridgehead atoms. The minimum absolute atomic E-state index is 0.176. The van der Waals surface area contributed by atoms with Crippen molar-refractivity contribution in [3.8, 4) is 17.0 Å². The summed E-state index contributed by atoms with van der Waals surface area (Å²) in [7, 11) is 0. The number of rotatable bonds is 9. The minimum atomic E-state index is -0.463. The van der Waals surface area contributed by atoms with Gasteiger partial charge in [0.2, 0.25) is 0 Å². The van der Waals surface area contributed by atoms with E-state index in [9.17, 15) is 4.79 Å². The van der Waals surface area contributed by atoms with Gasteiger partial charge in [-0.25, -0.2) is 9.78 Å². The first-order valence-corrected chi connectivity index (χ1v) is 12.5. The molecule has 2 aromatic heterocycles. The molecule has 0 aliphatic heterocycles. The van der Waals surface area contributed by atoms with Gasteiger partial charge in [0.1, 0.15) is 18.4 Å². The van der Waals surface area contributed by atoms with Crippen LogP contribution in [0.25, 0.3) is 22.2 Å². The van der Waals surface area contributed by atoms with Gasteiger partial charge in [-0.1, -0.05) is 12.1 Å². The number of aromatic nitrogens is 4.